The number of aromatic nitrogens is 2. The number of nitrogens with one attached hydrogen (secondary N) is 2. The van der Waals surface area contributed by atoms with Gasteiger partial charge in [-0.15, -0.1) is 0 Å². The van der Waals surface area contributed by atoms with Crippen molar-refractivity contribution in [3.63, 3.8) is 0 Å². The van der Waals surface area contributed by atoms with Crippen molar-refractivity contribution < 1.29 is 4.79 Å². The molecule has 0 atom stereocenters. The first-order chi connectivity index (χ1) is 11.5. The molecule has 24 heavy (non-hydrogen) atoms. The minimum Gasteiger partial charge on any atom is -0.299 e. The van der Waals surface area contributed by atoms with Gasteiger partial charge in [0.1, 0.15) is 6.54 Å². The zero-order valence-electron chi connectivity index (χ0n) is 12.9. The zero-order valence-corrected chi connectivity index (χ0v) is 13.7. The van der Waals surface area contributed by atoms with Gasteiger partial charge in [0.25, 0.3) is 11.5 Å². The van der Waals surface area contributed by atoms with Crippen molar-refractivity contribution in [3.05, 3.63) is 69.7 Å². The number of carbonyl (C=O) groups excluding carboxylic acids is 1. The van der Waals surface area contributed by atoms with E-state index in [2.05, 4.69) is 15.8 Å². The Kier molecular flexibility index (Phi) is 4.48. The zero-order chi connectivity index (χ0) is 17.1. The highest BCUT2D eigenvalue weighted by Gasteiger charge is 2.09. The van der Waals surface area contributed by atoms with E-state index in [4.69, 9.17) is 11.6 Å². The van der Waals surface area contributed by atoms with Gasteiger partial charge in [-0.1, -0.05) is 23.7 Å². The number of benzene rings is 2. The fourth-order valence-corrected chi connectivity index (χ4v) is 2.45. The monoisotopic (exact) mass is 342 g/mol. The van der Waals surface area contributed by atoms with Crippen LogP contribution in [0.25, 0.3) is 10.9 Å². The molecule has 0 aliphatic rings. The van der Waals surface area contributed by atoms with Crippen molar-refractivity contribution >= 4 is 34.1 Å². The summed E-state index contributed by atoms with van der Waals surface area (Å²) in [6.45, 7) is 1.76. The lowest BCUT2D eigenvalue weighted by Gasteiger charge is -2.10. The molecule has 0 radical (unpaired) electrons. The molecule has 7 heteroatoms. The Labute approximate surface area is 143 Å². The highest BCUT2D eigenvalue weighted by Crippen LogP contribution is 2.12. The summed E-state index contributed by atoms with van der Waals surface area (Å²) in [4.78, 5) is 28.7. The predicted octanol–water partition coefficient (Wildman–Crippen LogP) is 2.50. The molecule has 122 valence electrons. The second kappa shape index (κ2) is 6.72. The summed E-state index contributed by atoms with van der Waals surface area (Å²) in [5.74, 6) is -0.360. The minimum absolute atomic E-state index is 0.129. The van der Waals surface area contributed by atoms with E-state index < -0.39 is 0 Å². The number of para-hydroxylation sites is 1. The number of halogens is 1. The molecule has 0 aliphatic carbocycles. The highest BCUT2D eigenvalue weighted by molar-refractivity contribution is 6.30. The molecule has 1 amide bonds. The van der Waals surface area contributed by atoms with Crippen LogP contribution in [0.2, 0.25) is 5.02 Å². The van der Waals surface area contributed by atoms with E-state index in [1.54, 1.807) is 36.4 Å². The van der Waals surface area contributed by atoms with Gasteiger partial charge in [-0.3, -0.25) is 25.0 Å². The first-order valence-corrected chi connectivity index (χ1v) is 7.67. The lowest BCUT2D eigenvalue weighted by molar-refractivity contribution is -0.121. The Morgan fingerprint density at radius 1 is 1.21 bits per heavy atom. The van der Waals surface area contributed by atoms with Gasteiger partial charge < -0.3 is 0 Å². The molecule has 0 unspecified atom stereocenters. The van der Waals surface area contributed by atoms with Gasteiger partial charge in [-0.25, -0.2) is 4.98 Å². The molecule has 1 heterocycles. The number of aryl methyl sites for hydroxylation is 1. The van der Waals surface area contributed by atoms with Crippen LogP contribution in [0.1, 0.15) is 5.56 Å². The molecule has 0 aliphatic heterocycles. The van der Waals surface area contributed by atoms with Gasteiger partial charge in [0.2, 0.25) is 0 Å². The Balaban J connectivity index is 1.72. The van der Waals surface area contributed by atoms with Crippen molar-refractivity contribution in [2.24, 2.45) is 0 Å². The maximum absolute atomic E-state index is 12.4. The van der Waals surface area contributed by atoms with Gasteiger partial charge in [-0.2, -0.15) is 0 Å². The van der Waals surface area contributed by atoms with E-state index >= 15 is 0 Å². The number of hydrogen-bond donors (Lipinski definition) is 2. The van der Waals surface area contributed by atoms with E-state index in [-0.39, 0.29) is 18.0 Å². The fourth-order valence-electron chi connectivity index (χ4n) is 2.32. The van der Waals surface area contributed by atoms with E-state index in [9.17, 15) is 9.59 Å². The quantitative estimate of drug-likeness (QED) is 0.714. The number of anilines is 1. The van der Waals surface area contributed by atoms with Gasteiger partial charge in [0.05, 0.1) is 22.9 Å². The number of hydrogen-bond acceptors (Lipinski definition) is 4. The SMILES string of the molecule is Cc1cccc2c(=O)n(CC(=O)NNc3ccc(Cl)cc3)cnc12. The van der Waals surface area contributed by atoms with E-state index in [1.165, 1.54) is 10.9 Å². The summed E-state index contributed by atoms with van der Waals surface area (Å²) < 4.78 is 1.28. The van der Waals surface area contributed by atoms with Gasteiger partial charge >= 0.3 is 0 Å². The molecule has 0 bridgehead atoms. The molecule has 2 aromatic carbocycles. The summed E-state index contributed by atoms with van der Waals surface area (Å²) in [6, 6.07) is 12.3. The molecule has 0 saturated carbocycles. The van der Waals surface area contributed by atoms with E-state index in [0.29, 0.717) is 21.6 Å². The van der Waals surface area contributed by atoms with Gasteiger partial charge in [0.15, 0.2) is 0 Å². The number of fused-ring (bicyclic) bond motifs is 1. The third-order valence-corrected chi connectivity index (χ3v) is 3.81. The summed E-state index contributed by atoms with van der Waals surface area (Å²) in [5, 5.41) is 1.10. The molecular formula is C17H15ClN4O2. The molecule has 0 spiro atoms. The predicted molar refractivity (Wildman–Crippen MR) is 94.0 cm³/mol. The summed E-state index contributed by atoms with van der Waals surface area (Å²) in [5.41, 5.74) is 7.31. The van der Waals surface area contributed by atoms with Crippen LogP contribution < -0.4 is 16.4 Å². The fraction of sp³-hybridized carbons (Fsp3) is 0.118. The lowest BCUT2D eigenvalue weighted by atomic mass is 10.1. The van der Waals surface area contributed by atoms with Crippen LogP contribution in [0, 0.1) is 6.92 Å². The average Bonchev–Trinajstić information content (AvgIpc) is 2.57. The third kappa shape index (κ3) is 3.38. The standard InChI is InChI=1S/C17H15ClN4O2/c1-11-3-2-4-14-16(11)19-10-22(17(14)24)9-15(23)21-20-13-7-5-12(18)6-8-13/h2-8,10,20H,9H2,1H3,(H,21,23). The van der Waals surface area contributed by atoms with Crippen LogP contribution in [0.5, 0.6) is 0 Å². The van der Waals surface area contributed by atoms with E-state index in [1.807, 2.05) is 13.0 Å². The number of carbonyl (C=O) groups is 1. The van der Waals surface area contributed by atoms with Crippen LogP contribution in [0.15, 0.2) is 53.6 Å². The smallest absolute Gasteiger partial charge is 0.261 e. The Morgan fingerprint density at radius 2 is 1.96 bits per heavy atom. The first kappa shape index (κ1) is 16.0. The maximum Gasteiger partial charge on any atom is 0.261 e. The second-order valence-corrected chi connectivity index (χ2v) is 5.77. The molecule has 3 rings (SSSR count). The molecule has 1 aromatic heterocycles. The summed E-state index contributed by atoms with van der Waals surface area (Å²) in [6.07, 6.45) is 1.39. The maximum atomic E-state index is 12.4. The topological polar surface area (TPSA) is 76.0 Å². The normalized spacial score (nSPS) is 10.6. The van der Waals surface area contributed by atoms with Crippen LogP contribution in [0.3, 0.4) is 0 Å². The van der Waals surface area contributed by atoms with Crippen molar-refractivity contribution in [1.29, 1.82) is 0 Å². The number of amides is 1. The van der Waals surface area contributed by atoms with Crippen LogP contribution in [0.4, 0.5) is 5.69 Å². The Hall–Kier alpha value is -2.86. The van der Waals surface area contributed by atoms with Crippen LogP contribution in [-0.4, -0.2) is 15.5 Å². The summed E-state index contributed by atoms with van der Waals surface area (Å²) >= 11 is 5.80. The van der Waals surface area contributed by atoms with Gasteiger partial charge in [-0.05, 0) is 42.8 Å². The van der Waals surface area contributed by atoms with Crippen molar-refractivity contribution in [3.8, 4) is 0 Å². The minimum atomic E-state index is -0.360. The molecule has 0 saturated heterocycles. The third-order valence-electron chi connectivity index (χ3n) is 3.56. The van der Waals surface area contributed by atoms with Crippen molar-refractivity contribution in [2.45, 2.75) is 13.5 Å². The van der Waals surface area contributed by atoms with E-state index in [0.717, 1.165) is 5.56 Å². The number of nitrogens with zero attached hydrogens (tertiary/aromatic N) is 2. The molecule has 0 fully saturated rings. The van der Waals surface area contributed by atoms with Gasteiger partial charge in [0, 0.05) is 5.02 Å². The first-order valence-electron chi connectivity index (χ1n) is 7.30. The molecule has 6 nitrogen and oxygen atoms in total. The van der Waals surface area contributed by atoms with Crippen molar-refractivity contribution in [1.82, 2.24) is 15.0 Å². The largest absolute Gasteiger partial charge is 0.299 e. The average molecular weight is 343 g/mol. The number of hydrazine groups is 1. The molecule has 2 N–H and O–H groups in total. The van der Waals surface area contributed by atoms with Crippen molar-refractivity contribution in [2.75, 3.05) is 5.43 Å². The second-order valence-electron chi connectivity index (χ2n) is 5.33. The molecule has 3 aromatic rings. The summed E-state index contributed by atoms with van der Waals surface area (Å²) in [7, 11) is 0. The highest BCUT2D eigenvalue weighted by atomic mass is 35.5. The molecular weight excluding hydrogens is 328 g/mol. The lowest BCUT2D eigenvalue weighted by Crippen LogP contribution is -2.35. The van der Waals surface area contributed by atoms with Crippen LogP contribution in [-0.2, 0) is 11.3 Å². The Morgan fingerprint density at radius 3 is 2.71 bits per heavy atom. The Bertz CT molecular complexity index is 951. The van der Waals surface area contributed by atoms with Crippen LogP contribution >= 0.6 is 11.6 Å². The number of rotatable bonds is 4.